The summed E-state index contributed by atoms with van der Waals surface area (Å²) in [6, 6.07) is 48.1. The summed E-state index contributed by atoms with van der Waals surface area (Å²) in [5.74, 6) is -0.193. The van der Waals surface area contributed by atoms with Crippen molar-refractivity contribution in [2.75, 3.05) is 0 Å². The van der Waals surface area contributed by atoms with Crippen LogP contribution in [-0.4, -0.2) is 0 Å². The van der Waals surface area contributed by atoms with Crippen LogP contribution in [0.25, 0.3) is 71.3 Å². The summed E-state index contributed by atoms with van der Waals surface area (Å²) >= 11 is 0. The Morgan fingerprint density at radius 1 is 0.556 bits per heavy atom. The molecule has 0 aliphatic rings. The van der Waals surface area contributed by atoms with E-state index >= 15 is 0 Å². The van der Waals surface area contributed by atoms with E-state index in [0.29, 0.717) is 0 Å². The Balaban J connectivity index is 1.53. The first-order valence-corrected chi connectivity index (χ1v) is 15.7. The molecule has 45 heavy (non-hydrogen) atoms. The van der Waals surface area contributed by atoms with E-state index in [9.17, 15) is 4.39 Å². The molecule has 0 bridgehead atoms. The highest BCUT2D eigenvalue weighted by Crippen LogP contribution is 2.46. The van der Waals surface area contributed by atoms with Crippen molar-refractivity contribution in [1.29, 1.82) is 0 Å². The van der Waals surface area contributed by atoms with Crippen LogP contribution in [0.4, 0.5) is 4.39 Å². The first-order valence-electron chi connectivity index (χ1n) is 15.7. The molecule has 0 atom stereocenters. The second kappa shape index (κ2) is 12.0. The van der Waals surface area contributed by atoms with Crippen molar-refractivity contribution in [3.8, 4) is 33.4 Å². The Hall–Kier alpha value is -5.27. The molecule has 1 heteroatoms. The Labute approximate surface area is 264 Å². The zero-order valence-corrected chi connectivity index (χ0v) is 25.9. The highest BCUT2D eigenvalue weighted by Gasteiger charge is 2.19. The van der Waals surface area contributed by atoms with E-state index in [0.717, 1.165) is 23.1 Å². The number of hydrogen-bond donors (Lipinski definition) is 0. The van der Waals surface area contributed by atoms with Crippen LogP contribution in [0.1, 0.15) is 31.4 Å². The quantitative estimate of drug-likeness (QED) is 0.135. The van der Waals surface area contributed by atoms with E-state index < -0.39 is 0 Å². The lowest BCUT2D eigenvalue weighted by molar-refractivity contribution is 0.641. The van der Waals surface area contributed by atoms with Gasteiger partial charge in [-0.25, -0.2) is 4.39 Å². The molecule has 0 nitrogen and oxygen atoms in total. The molecule has 218 valence electrons. The van der Waals surface area contributed by atoms with Crippen LogP contribution in [0.2, 0.25) is 0 Å². The number of hydrogen-bond acceptors (Lipinski definition) is 0. The summed E-state index contributed by atoms with van der Waals surface area (Å²) in [4.78, 5) is 0. The third-order valence-corrected chi connectivity index (χ3v) is 8.82. The molecule has 0 N–H and O–H groups in total. The zero-order valence-electron chi connectivity index (χ0n) is 25.9. The maximum atomic E-state index is 14.1. The van der Waals surface area contributed by atoms with Gasteiger partial charge in [0.25, 0.3) is 0 Å². The minimum absolute atomic E-state index is 0.193. The lowest BCUT2D eigenvalue weighted by Gasteiger charge is -2.20. The van der Waals surface area contributed by atoms with Gasteiger partial charge in [0.1, 0.15) is 0 Å². The molecular weight excluding hydrogens is 547 g/mol. The Morgan fingerprint density at radius 2 is 1.09 bits per heavy atom. The molecule has 0 saturated heterocycles. The first kappa shape index (κ1) is 28.5. The van der Waals surface area contributed by atoms with Gasteiger partial charge in [-0.3, -0.25) is 0 Å². The number of benzene rings is 7. The van der Waals surface area contributed by atoms with E-state index in [4.69, 9.17) is 0 Å². The number of allylic oxidation sites excluding steroid dienone is 4. The Kier molecular flexibility index (Phi) is 7.61. The molecule has 0 radical (unpaired) electrons. The zero-order chi connectivity index (χ0) is 30.9. The molecule has 0 amide bonds. The van der Waals surface area contributed by atoms with Crippen LogP contribution in [0.5, 0.6) is 0 Å². The molecular formula is C44H35F. The van der Waals surface area contributed by atoms with E-state index in [1.165, 1.54) is 72.6 Å². The normalized spacial score (nSPS) is 12.4. The maximum absolute atomic E-state index is 14.1. The predicted molar refractivity (Wildman–Crippen MR) is 193 cm³/mol. The minimum Gasteiger partial charge on any atom is -0.212 e. The number of aryl methyl sites for hydroxylation is 1. The van der Waals surface area contributed by atoms with Gasteiger partial charge in [-0.1, -0.05) is 140 Å². The molecule has 0 aromatic heterocycles. The van der Waals surface area contributed by atoms with Crippen LogP contribution in [0.15, 0.2) is 151 Å². The smallest absolute Gasteiger partial charge is 0.0974 e. The lowest BCUT2D eigenvalue weighted by Crippen LogP contribution is -1.93. The summed E-state index contributed by atoms with van der Waals surface area (Å²) in [5, 5.41) is 7.33. The van der Waals surface area contributed by atoms with E-state index in [1.807, 2.05) is 0 Å². The minimum atomic E-state index is -0.193. The molecule has 0 aliphatic carbocycles. The fraction of sp³-hybridized carbons (Fsp3) is 0.0909. The third kappa shape index (κ3) is 5.15. The number of halogens is 1. The van der Waals surface area contributed by atoms with Crippen LogP contribution in [0.3, 0.4) is 0 Å². The molecule has 7 rings (SSSR count). The van der Waals surface area contributed by atoms with Gasteiger partial charge in [-0.15, -0.1) is 0 Å². The standard InChI is InChI=1S/C44H35F/c1-4-14-31(27-30(3)45)32-16-13-17-33(28-32)43-38-21-9-11-23-40(38)44(41-24-12-10-22-39(41)43)42-26-25-37(34-18-6-5-15-29(34)2)35-19-7-8-20-36(35)42/h5-28H,4H2,1-3H3/b30-27-,31-14+. The molecule has 7 aromatic rings. The molecule has 0 heterocycles. The van der Waals surface area contributed by atoms with Gasteiger partial charge >= 0.3 is 0 Å². The van der Waals surface area contributed by atoms with Crippen molar-refractivity contribution in [1.82, 2.24) is 0 Å². The lowest BCUT2D eigenvalue weighted by atomic mass is 9.83. The van der Waals surface area contributed by atoms with E-state index in [-0.39, 0.29) is 5.83 Å². The van der Waals surface area contributed by atoms with Gasteiger partial charge < -0.3 is 0 Å². The predicted octanol–water partition coefficient (Wildman–Crippen LogP) is 13.1. The van der Waals surface area contributed by atoms with Crippen molar-refractivity contribution >= 4 is 37.9 Å². The summed E-state index contributed by atoms with van der Waals surface area (Å²) < 4.78 is 14.1. The van der Waals surface area contributed by atoms with Gasteiger partial charge in [0.05, 0.1) is 5.83 Å². The highest BCUT2D eigenvalue weighted by molar-refractivity contribution is 6.24. The SMILES string of the molecule is CC/C=C(\C=C(\C)F)c1cccc(-c2c3ccccc3c(-c3ccc(-c4ccccc4C)c4ccccc34)c3ccccc23)c1. The van der Waals surface area contributed by atoms with Crippen LogP contribution in [-0.2, 0) is 0 Å². The molecule has 0 saturated carbocycles. The topological polar surface area (TPSA) is 0 Å². The summed E-state index contributed by atoms with van der Waals surface area (Å²) in [6.07, 6.45) is 4.56. The molecule has 0 fully saturated rings. The largest absolute Gasteiger partial charge is 0.212 e. The van der Waals surface area contributed by atoms with Gasteiger partial charge in [0, 0.05) is 0 Å². The fourth-order valence-electron chi connectivity index (χ4n) is 6.91. The Morgan fingerprint density at radius 3 is 1.69 bits per heavy atom. The second-order valence-electron chi connectivity index (χ2n) is 11.7. The average molecular weight is 583 g/mol. The van der Waals surface area contributed by atoms with Crippen molar-refractivity contribution in [2.45, 2.75) is 27.2 Å². The van der Waals surface area contributed by atoms with Crippen LogP contribution < -0.4 is 0 Å². The monoisotopic (exact) mass is 582 g/mol. The van der Waals surface area contributed by atoms with Crippen LogP contribution >= 0.6 is 0 Å². The Bertz CT molecular complexity index is 2220. The third-order valence-electron chi connectivity index (χ3n) is 8.82. The summed E-state index contributed by atoms with van der Waals surface area (Å²) in [6.45, 7) is 5.77. The molecule has 7 aromatic carbocycles. The van der Waals surface area contributed by atoms with Crippen molar-refractivity contribution < 1.29 is 4.39 Å². The van der Waals surface area contributed by atoms with E-state index in [1.54, 1.807) is 6.08 Å². The molecule has 0 spiro atoms. The highest BCUT2D eigenvalue weighted by atomic mass is 19.1. The number of rotatable bonds is 6. The van der Waals surface area contributed by atoms with Crippen molar-refractivity contribution in [2.24, 2.45) is 0 Å². The van der Waals surface area contributed by atoms with Crippen LogP contribution in [0, 0.1) is 6.92 Å². The summed E-state index contributed by atoms with van der Waals surface area (Å²) in [7, 11) is 0. The van der Waals surface area contributed by atoms with Gasteiger partial charge in [-0.2, -0.15) is 0 Å². The maximum Gasteiger partial charge on any atom is 0.0974 e. The number of fused-ring (bicyclic) bond motifs is 3. The molecule has 0 aliphatic heterocycles. The average Bonchev–Trinajstić information content (AvgIpc) is 3.07. The second-order valence-corrected chi connectivity index (χ2v) is 11.7. The fourth-order valence-corrected chi connectivity index (χ4v) is 6.91. The van der Waals surface area contributed by atoms with Crippen molar-refractivity contribution in [3.63, 3.8) is 0 Å². The summed E-state index contributed by atoms with van der Waals surface area (Å²) in [5.41, 5.74) is 10.5. The van der Waals surface area contributed by atoms with Gasteiger partial charge in [0.2, 0.25) is 0 Å². The van der Waals surface area contributed by atoms with Gasteiger partial charge in [-0.05, 0) is 115 Å². The van der Waals surface area contributed by atoms with E-state index in [2.05, 4.69) is 153 Å². The van der Waals surface area contributed by atoms with Gasteiger partial charge in [0.15, 0.2) is 0 Å². The van der Waals surface area contributed by atoms with Crippen molar-refractivity contribution in [3.05, 3.63) is 163 Å². The first-order chi connectivity index (χ1) is 22.0. The molecule has 0 unspecified atom stereocenters.